The summed E-state index contributed by atoms with van der Waals surface area (Å²) < 4.78 is 5.42. The standard InChI is InChI=1S/C14H18ClN3O2/c1-9-16-11(15)10-7-5-6-8-18(12(10)17-9)13(19)20-14(2,3)4/h5-6H,7-8H2,1-4H3. The Morgan fingerprint density at radius 1 is 1.35 bits per heavy atom. The molecule has 0 N–H and O–H groups in total. The summed E-state index contributed by atoms with van der Waals surface area (Å²) in [6.45, 7) is 7.65. The molecule has 0 bridgehead atoms. The zero-order valence-corrected chi connectivity index (χ0v) is 12.9. The van der Waals surface area contributed by atoms with Gasteiger partial charge in [0.05, 0.1) is 0 Å². The van der Waals surface area contributed by atoms with Crippen molar-refractivity contribution in [2.75, 3.05) is 11.4 Å². The zero-order chi connectivity index (χ0) is 14.9. The highest BCUT2D eigenvalue weighted by Gasteiger charge is 2.27. The van der Waals surface area contributed by atoms with Gasteiger partial charge >= 0.3 is 6.09 Å². The van der Waals surface area contributed by atoms with Crippen LogP contribution in [0.25, 0.3) is 0 Å². The Balaban J connectivity index is 2.42. The Kier molecular flexibility index (Phi) is 3.99. The van der Waals surface area contributed by atoms with Crippen LogP contribution in [0.1, 0.15) is 32.2 Å². The highest BCUT2D eigenvalue weighted by atomic mass is 35.5. The number of amides is 1. The quantitative estimate of drug-likeness (QED) is 0.544. The average Bonchev–Trinajstić information content (AvgIpc) is 2.48. The van der Waals surface area contributed by atoms with Gasteiger partial charge in [0.2, 0.25) is 0 Å². The summed E-state index contributed by atoms with van der Waals surface area (Å²) >= 11 is 6.16. The van der Waals surface area contributed by atoms with E-state index in [2.05, 4.69) is 9.97 Å². The number of aryl methyl sites for hydroxylation is 1. The Hall–Kier alpha value is -1.62. The molecule has 1 aromatic heterocycles. The van der Waals surface area contributed by atoms with E-state index >= 15 is 0 Å². The smallest absolute Gasteiger partial charge is 0.416 e. The lowest BCUT2D eigenvalue weighted by Gasteiger charge is -2.26. The summed E-state index contributed by atoms with van der Waals surface area (Å²) in [4.78, 5) is 22.3. The van der Waals surface area contributed by atoms with Gasteiger partial charge < -0.3 is 4.74 Å². The topological polar surface area (TPSA) is 55.3 Å². The summed E-state index contributed by atoms with van der Waals surface area (Å²) in [5.74, 6) is 1.06. The summed E-state index contributed by atoms with van der Waals surface area (Å²) in [5, 5.41) is 0.382. The maximum Gasteiger partial charge on any atom is 0.416 e. The van der Waals surface area contributed by atoms with Crippen molar-refractivity contribution in [1.82, 2.24) is 9.97 Å². The molecule has 0 saturated heterocycles. The van der Waals surface area contributed by atoms with Crippen molar-refractivity contribution in [3.05, 3.63) is 28.7 Å². The van der Waals surface area contributed by atoms with Gasteiger partial charge in [0, 0.05) is 12.1 Å². The van der Waals surface area contributed by atoms with Crippen LogP contribution in [0.15, 0.2) is 12.2 Å². The van der Waals surface area contributed by atoms with Crippen LogP contribution in [0.5, 0.6) is 0 Å². The monoisotopic (exact) mass is 295 g/mol. The van der Waals surface area contributed by atoms with Crippen molar-refractivity contribution in [2.45, 2.75) is 39.7 Å². The molecule has 0 spiro atoms. The third kappa shape index (κ3) is 3.28. The van der Waals surface area contributed by atoms with Gasteiger partial charge in [-0.05, 0) is 34.1 Å². The van der Waals surface area contributed by atoms with Crippen LogP contribution in [0, 0.1) is 6.92 Å². The van der Waals surface area contributed by atoms with E-state index in [9.17, 15) is 4.79 Å². The van der Waals surface area contributed by atoms with Crippen LogP contribution in [0.4, 0.5) is 10.6 Å². The Bertz CT molecular complexity index is 564. The van der Waals surface area contributed by atoms with Crippen LogP contribution in [-0.4, -0.2) is 28.2 Å². The fourth-order valence-electron chi connectivity index (χ4n) is 1.89. The Morgan fingerprint density at radius 3 is 2.70 bits per heavy atom. The number of carbonyl (C=O) groups excluding carboxylic acids is 1. The molecule has 0 fully saturated rings. The molecule has 20 heavy (non-hydrogen) atoms. The van der Waals surface area contributed by atoms with Gasteiger partial charge in [0.15, 0.2) is 0 Å². The number of halogens is 1. The summed E-state index contributed by atoms with van der Waals surface area (Å²) in [6.07, 6.45) is 4.03. The molecule has 0 aromatic carbocycles. The van der Waals surface area contributed by atoms with Crippen LogP contribution in [-0.2, 0) is 11.2 Å². The second-order valence-corrected chi connectivity index (χ2v) is 5.99. The number of hydrogen-bond acceptors (Lipinski definition) is 4. The fraction of sp³-hybridized carbons (Fsp3) is 0.500. The normalized spacial score (nSPS) is 14.8. The third-order valence-corrected chi connectivity index (χ3v) is 3.01. The predicted octanol–water partition coefficient (Wildman–Crippen LogP) is 3.29. The first kappa shape index (κ1) is 14.8. The largest absolute Gasteiger partial charge is 0.443 e. The van der Waals surface area contributed by atoms with Gasteiger partial charge in [0.25, 0.3) is 0 Å². The molecule has 2 heterocycles. The van der Waals surface area contributed by atoms with E-state index in [0.29, 0.717) is 29.8 Å². The minimum atomic E-state index is -0.556. The Morgan fingerprint density at radius 2 is 2.05 bits per heavy atom. The van der Waals surface area contributed by atoms with Crippen LogP contribution < -0.4 is 4.90 Å². The predicted molar refractivity (Wildman–Crippen MR) is 78.2 cm³/mol. The molecule has 1 amide bonds. The molecule has 0 atom stereocenters. The van der Waals surface area contributed by atoms with Crippen LogP contribution in [0.3, 0.4) is 0 Å². The van der Waals surface area contributed by atoms with E-state index in [1.165, 1.54) is 4.90 Å². The van der Waals surface area contributed by atoms with E-state index < -0.39 is 11.7 Å². The maximum absolute atomic E-state index is 12.3. The molecule has 108 valence electrons. The van der Waals surface area contributed by atoms with Gasteiger partial charge in [0.1, 0.15) is 22.4 Å². The lowest BCUT2D eigenvalue weighted by molar-refractivity contribution is 0.0583. The van der Waals surface area contributed by atoms with Crippen molar-refractivity contribution in [2.24, 2.45) is 0 Å². The van der Waals surface area contributed by atoms with E-state index in [4.69, 9.17) is 16.3 Å². The molecule has 1 aromatic rings. The van der Waals surface area contributed by atoms with Gasteiger partial charge in [-0.2, -0.15) is 0 Å². The first-order valence-corrected chi connectivity index (χ1v) is 6.84. The fourth-order valence-corrected chi connectivity index (χ4v) is 2.18. The van der Waals surface area contributed by atoms with E-state index in [1.807, 2.05) is 32.9 Å². The number of aromatic nitrogens is 2. The molecule has 1 aliphatic rings. The number of hydrogen-bond donors (Lipinski definition) is 0. The van der Waals surface area contributed by atoms with E-state index in [1.54, 1.807) is 6.92 Å². The highest BCUT2D eigenvalue weighted by molar-refractivity contribution is 6.30. The van der Waals surface area contributed by atoms with Crippen molar-refractivity contribution >= 4 is 23.5 Å². The molecular formula is C14H18ClN3O2. The molecule has 2 rings (SSSR count). The number of allylic oxidation sites excluding steroid dienone is 1. The van der Waals surface area contributed by atoms with Crippen molar-refractivity contribution in [3.8, 4) is 0 Å². The molecule has 6 heteroatoms. The van der Waals surface area contributed by atoms with Crippen LogP contribution >= 0.6 is 11.6 Å². The summed E-state index contributed by atoms with van der Waals surface area (Å²) in [7, 11) is 0. The molecule has 0 radical (unpaired) electrons. The van der Waals surface area contributed by atoms with Crippen LogP contribution in [0.2, 0.25) is 5.15 Å². The van der Waals surface area contributed by atoms with Gasteiger partial charge in [-0.3, -0.25) is 4.90 Å². The SMILES string of the molecule is Cc1nc(Cl)c2c(n1)N(C(=O)OC(C)(C)C)CC=CC2. The van der Waals surface area contributed by atoms with Crippen molar-refractivity contribution in [3.63, 3.8) is 0 Å². The van der Waals surface area contributed by atoms with E-state index in [-0.39, 0.29) is 0 Å². The Labute approximate surface area is 123 Å². The molecule has 5 nitrogen and oxygen atoms in total. The minimum Gasteiger partial charge on any atom is -0.443 e. The summed E-state index contributed by atoms with van der Waals surface area (Å²) in [6, 6.07) is 0. The molecule has 0 unspecified atom stereocenters. The highest BCUT2D eigenvalue weighted by Crippen LogP contribution is 2.28. The number of nitrogens with zero attached hydrogens (tertiary/aromatic N) is 3. The van der Waals surface area contributed by atoms with Gasteiger partial charge in [-0.25, -0.2) is 14.8 Å². The summed E-state index contributed by atoms with van der Waals surface area (Å²) in [5.41, 5.74) is 0.191. The maximum atomic E-state index is 12.3. The molecule has 0 aliphatic carbocycles. The lowest BCUT2D eigenvalue weighted by atomic mass is 10.2. The zero-order valence-electron chi connectivity index (χ0n) is 12.1. The average molecular weight is 296 g/mol. The molecule has 1 aliphatic heterocycles. The van der Waals surface area contributed by atoms with Gasteiger partial charge in [-0.1, -0.05) is 23.8 Å². The first-order valence-electron chi connectivity index (χ1n) is 6.46. The number of rotatable bonds is 0. The lowest BCUT2D eigenvalue weighted by Crippen LogP contribution is -2.37. The van der Waals surface area contributed by atoms with E-state index in [0.717, 1.165) is 5.56 Å². The second-order valence-electron chi connectivity index (χ2n) is 5.63. The van der Waals surface area contributed by atoms with Crippen molar-refractivity contribution < 1.29 is 9.53 Å². The minimum absolute atomic E-state index is 0.382. The number of anilines is 1. The molecular weight excluding hydrogens is 278 g/mol. The third-order valence-electron chi connectivity index (χ3n) is 2.69. The van der Waals surface area contributed by atoms with Gasteiger partial charge in [-0.15, -0.1) is 0 Å². The number of fused-ring (bicyclic) bond motifs is 1. The van der Waals surface area contributed by atoms with Crippen molar-refractivity contribution in [1.29, 1.82) is 0 Å². The first-order chi connectivity index (χ1) is 9.28. The molecule has 0 saturated carbocycles. The number of carbonyl (C=O) groups is 1. The second kappa shape index (κ2) is 5.40. The number of ether oxygens (including phenoxy) is 1.